The van der Waals surface area contributed by atoms with Crippen molar-refractivity contribution in [1.29, 1.82) is 0 Å². The fraction of sp³-hybridized carbons (Fsp3) is 0.318. The van der Waals surface area contributed by atoms with Gasteiger partial charge >= 0.3 is 0 Å². The molecule has 0 fully saturated rings. The van der Waals surface area contributed by atoms with Crippen LogP contribution in [0.4, 0.5) is 0 Å². The van der Waals surface area contributed by atoms with E-state index >= 15 is 0 Å². The van der Waals surface area contributed by atoms with E-state index < -0.39 is 0 Å². The molecule has 1 N–H and O–H groups in total. The first-order chi connectivity index (χ1) is 13.9. The fourth-order valence-electron chi connectivity index (χ4n) is 3.27. The van der Waals surface area contributed by atoms with E-state index in [-0.39, 0.29) is 23.3 Å². The first-order valence-corrected chi connectivity index (χ1v) is 11.4. The first kappa shape index (κ1) is 21.6. The zero-order chi connectivity index (χ0) is 21.0. The Kier molecular flexibility index (Phi) is 7.14. The molecule has 0 aliphatic heterocycles. The summed E-state index contributed by atoms with van der Waals surface area (Å²) in [5, 5.41) is 4.19. The van der Waals surface area contributed by atoms with Crippen molar-refractivity contribution in [2.75, 3.05) is 5.75 Å². The molecule has 1 heterocycles. The second-order valence-electron chi connectivity index (χ2n) is 6.95. The molecule has 0 saturated heterocycles. The minimum absolute atomic E-state index is 0.0747. The second-order valence-corrected chi connectivity index (χ2v) is 8.81. The Labute approximate surface area is 183 Å². The van der Waals surface area contributed by atoms with Crippen LogP contribution in [0.2, 0.25) is 0 Å². The van der Waals surface area contributed by atoms with Crippen molar-refractivity contribution in [3.63, 3.8) is 0 Å². The lowest BCUT2D eigenvalue weighted by Crippen LogP contribution is -2.29. The summed E-state index contributed by atoms with van der Waals surface area (Å²) >= 11 is 4.71. The van der Waals surface area contributed by atoms with Gasteiger partial charge in [-0.3, -0.25) is 14.2 Å². The normalized spacial score (nSPS) is 12.1. The SMILES string of the molecule is CCCn1c(SCC(=O)NC(C)c2ccccc2C)nc2ccc(Br)cc2c1=O. The number of nitrogens with zero attached hydrogens (tertiary/aromatic N) is 2. The number of carbonyl (C=O) groups is 1. The molecule has 0 saturated carbocycles. The molecule has 0 radical (unpaired) electrons. The van der Waals surface area contributed by atoms with Crippen molar-refractivity contribution in [3.8, 4) is 0 Å². The van der Waals surface area contributed by atoms with Gasteiger partial charge in [0.25, 0.3) is 5.56 Å². The summed E-state index contributed by atoms with van der Waals surface area (Å²) < 4.78 is 2.51. The van der Waals surface area contributed by atoms with Crippen molar-refractivity contribution in [1.82, 2.24) is 14.9 Å². The molecule has 0 aliphatic rings. The van der Waals surface area contributed by atoms with Gasteiger partial charge in [0.15, 0.2) is 5.16 Å². The van der Waals surface area contributed by atoms with E-state index in [2.05, 4.69) is 26.2 Å². The predicted octanol–water partition coefficient (Wildman–Crippen LogP) is 4.85. The summed E-state index contributed by atoms with van der Waals surface area (Å²) in [5.41, 5.74) is 2.81. The topological polar surface area (TPSA) is 64.0 Å². The lowest BCUT2D eigenvalue weighted by Gasteiger charge is -2.17. The highest BCUT2D eigenvalue weighted by atomic mass is 79.9. The van der Waals surface area contributed by atoms with Gasteiger partial charge in [-0.15, -0.1) is 0 Å². The summed E-state index contributed by atoms with van der Waals surface area (Å²) in [6, 6.07) is 13.4. The molecule has 5 nitrogen and oxygen atoms in total. The van der Waals surface area contributed by atoms with Gasteiger partial charge in [-0.25, -0.2) is 4.98 Å². The first-order valence-electron chi connectivity index (χ1n) is 9.58. The van der Waals surface area contributed by atoms with E-state index in [0.29, 0.717) is 22.6 Å². The third-order valence-electron chi connectivity index (χ3n) is 4.69. The Bertz CT molecular complexity index is 1100. The van der Waals surface area contributed by atoms with Gasteiger partial charge in [0.05, 0.1) is 22.7 Å². The Hall–Kier alpha value is -2.12. The molecule has 1 unspecified atom stereocenters. The molecule has 7 heteroatoms. The number of aromatic nitrogens is 2. The number of hydrogen-bond acceptors (Lipinski definition) is 4. The lowest BCUT2D eigenvalue weighted by molar-refractivity contribution is -0.119. The molecular weight excluding hydrogens is 450 g/mol. The summed E-state index contributed by atoms with van der Waals surface area (Å²) in [7, 11) is 0. The summed E-state index contributed by atoms with van der Waals surface area (Å²) in [6.07, 6.45) is 0.811. The van der Waals surface area contributed by atoms with Gasteiger partial charge in [-0.05, 0) is 49.6 Å². The van der Waals surface area contributed by atoms with Crippen LogP contribution in [0.1, 0.15) is 37.4 Å². The number of hydrogen-bond donors (Lipinski definition) is 1. The molecule has 1 amide bonds. The van der Waals surface area contributed by atoms with Crippen LogP contribution in [0, 0.1) is 6.92 Å². The lowest BCUT2D eigenvalue weighted by atomic mass is 10.0. The molecule has 29 heavy (non-hydrogen) atoms. The molecule has 152 valence electrons. The van der Waals surface area contributed by atoms with Crippen LogP contribution in [0.3, 0.4) is 0 Å². The Morgan fingerprint density at radius 3 is 2.76 bits per heavy atom. The van der Waals surface area contributed by atoms with Crippen LogP contribution in [0.5, 0.6) is 0 Å². The van der Waals surface area contributed by atoms with Crippen LogP contribution in [0.25, 0.3) is 10.9 Å². The van der Waals surface area contributed by atoms with Gasteiger partial charge < -0.3 is 5.32 Å². The largest absolute Gasteiger partial charge is 0.349 e. The van der Waals surface area contributed by atoms with Crippen molar-refractivity contribution in [3.05, 3.63) is 68.4 Å². The number of benzene rings is 2. The summed E-state index contributed by atoms with van der Waals surface area (Å²) in [4.78, 5) is 30.1. The van der Waals surface area contributed by atoms with Gasteiger partial charge in [-0.1, -0.05) is 58.9 Å². The predicted molar refractivity (Wildman–Crippen MR) is 122 cm³/mol. The van der Waals surface area contributed by atoms with E-state index in [1.165, 1.54) is 11.8 Å². The minimum Gasteiger partial charge on any atom is -0.349 e. The number of halogens is 1. The van der Waals surface area contributed by atoms with Gasteiger partial charge in [0.1, 0.15) is 0 Å². The number of amides is 1. The van der Waals surface area contributed by atoms with Crippen LogP contribution in [0.15, 0.2) is 56.9 Å². The van der Waals surface area contributed by atoms with E-state index in [9.17, 15) is 9.59 Å². The zero-order valence-corrected chi connectivity index (χ0v) is 19.1. The maximum absolute atomic E-state index is 12.9. The van der Waals surface area contributed by atoms with Crippen molar-refractivity contribution < 1.29 is 4.79 Å². The quantitative estimate of drug-likeness (QED) is 0.393. The fourth-order valence-corrected chi connectivity index (χ4v) is 4.46. The highest BCUT2D eigenvalue weighted by Crippen LogP contribution is 2.22. The van der Waals surface area contributed by atoms with Gasteiger partial charge in [-0.2, -0.15) is 0 Å². The molecule has 3 aromatic rings. The number of thioether (sulfide) groups is 1. The highest BCUT2D eigenvalue weighted by Gasteiger charge is 2.15. The maximum atomic E-state index is 12.9. The Balaban J connectivity index is 1.78. The smallest absolute Gasteiger partial charge is 0.262 e. The van der Waals surface area contributed by atoms with Crippen molar-refractivity contribution in [2.24, 2.45) is 0 Å². The Morgan fingerprint density at radius 1 is 1.28 bits per heavy atom. The monoisotopic (exact) mass is 473 g/mol. The van der Waals surface area contributed by atoms with Gasteiger partial charge in [0, 0.05) is 11.0 Å². The molecular formula is C22H24BrN3O2S. The van der Waals surface area contributed by atoms with E-state index in [1.807, 2.05) is 57.2 Å². The number of rotatable bonds is 7. The van der Waals surface area contributed by atoms with E-state index in [0.717, 1.165) is 22.0 Å². The molecule has 0 spiro atoms. The standard InChI is InChI=1S/C22H24BrN3O2S/c1-4-11-26-21(28)18-12-16(23)9-10-19(18)25-22(26)29-13-20(27)24-15(3)17-8-6-5-7-14(17)2/h5-10,12,15H,4,11,13H2,1-3H3,(H,24,27). The second kappa shape index (κ2) is 9.59. The van der Waals surface area contributed by atoms with Gasteiger partial charge in [0.2, 0.25) is 5.91 Å². The van der Waals surface area contributed by atoms with Crippen LogP contribution in [-0.2, 0) is 11.3 Å². The zero-order valence-electron chi connectivity index (χ0n) is 16.7. The Morgan fingerprint density at radius 2 is 2.03 bits per heavy atom. The maximum Gasteiger partial charge on any atom is 0.262 e. The molecule has 0 bridgehead atoms. The number of fused-ring (bicyclic) bond motifs is 1. The van der Waals surface area contributed by atoms with E-state index in [4.69, 9.17) is 0 Å². The minimum atomic E-state index is -0.0843. The molecule has 2 aromatic carbocycles. The average Bonchev–Trinajstić information content (AvgIpc) is 2.69. The number of carbonyl (C=O) groups excluding carboxylic acids is 1. The van der Waals surface area contributed by atoms with Crippen molar-refractivity contribution in [2.45, 2.75) is 44.9 Å². The van der Waals surface area contributed by atoms with E-state index in [1.54, 1.807) is 10.6 Å². The third-order valence-corrected chi connectivity index (χ3v) is 6.16. The molecule has 1 aromatic heterocycles. The number of nitrogens with one attached hydrogen (secondary N) is 1. The number of aryl methyl sites for hydroxylation is 1. The van der Waals surface area contributed by atoms with Crippen LogP contribution < -0.4 is 10.9 Å². The summed E-state index contributed by atoms with van der Waals surface area (Å²) in [6.45, 7) is 6.60. The molecule has 3 rings (SSSR count). The third kappa shape index (κ3) is 5.08. The summed E-state index contributed by atoms with van der Waals surface area (Å²) in [5.74, 6) is 0.118. The van der Waals surface area contributed by atoms with Crippen molar-refractivity contribution >= 4 is 44.5 Å². The molecule has 0 aliphatic carbocycles. The molecule has 1 atom stereocenters. The average molecular weight is 474 g/mol. The van der Waals surface area contributed by atoms with Crippen LogP contribution >= 0.6 is 27.7 Å². The van der Waals surface area contributed by atoms with Crippen LogP contribution in [-0.4, -0.2) is 21.2 Å². The highest BCUT2D eigenvalue weighted by molar-refractivity contribution is 9.10.